The lowest BCUT2D eigenvalue weighted by Gasteiger charge is -2.27. The fourth-order valence-electron chi connectivity index (χ4n) is 2.88. The van der Waals surface area contributed by atoms with Gasteiger partial charge in [0.2, 0.25) is 0 Å². The van der Waals surface area contributed by atoms with E-state index in [1.807, 2.05) is 25.2 Å². The Morgan fingerprint density at radius 1 is 1.22 bits per heavy atom. The molecule has 0 aliphatic carbocycles. The normalized spacial score (nSPS) is 18.6. The number of benzene rings is 1. The highest BCUT2D eigenvalue weighted by Crippen LogP contribution is 2.29. The summed E-state index contributed by atoms with van der Waals surface area (Å²) in [7, 11) is 0.671. The van der Waals surface area contributed by atoms with Crippen molar-refractivity contribution in [3.63, 3.8) is 0 Å². The van der Waals surface area contributed by atoms with Gasteiger partial charge in [-0.3, -0.25) is 4.90 Å². The van der Waals surface area contributed by atoms with Crippen molar-refractivity contribution in [3.8, 4) is 11.5 Å². The second-order valence-electron chi connectivity index (χ2n) is 7.41. The first-order chi connectivity index (χ1) is 12.7. The lowest BCUT2D eigenvalue weighted by Crippen LogP contribution is -2.39. The van der Waals surface area contributed by atoms with Crippen molar-refractivity contribution < 1.29 is 23.0 Å². The van der Waals surface area contributed by atoms with E-state index in [0.717, 1.165) is 5.56 Å². The number of ether oxygens (including phenoxy) is 2. The van der Waals surface area contributed by atoms with E-state index in [1.54, 1.807) is 7.11 Å². The van der Waals surface area contributed by atoms with Crippen LogP contribution in [-0.2, 0) is 16.4 Å². The summed E-state index contributed by atoms with van der Waals surface area (Å²) in [6, 6.07) is 6.06. The number of hydrogen-bond acceptors (Lipinski definition) is 7. The van der Waals surface area contributed by atoms with Crippen LogP contribution in [0.1, 0.15) is 19.4 Å². The largest absolute Gasteiger partial charge is 0.493 e. The fourth-order valence-corrected chi connectivity index (χ4v) is 4.16. The van der Waals surface area contributed by atoms with Gasteiger partial charge in [-0.25, -0.2) is 8.42 Å². The summed E-state index contributed by atoms with van der Waals surface area (Å²) in [6.07, 6.45) is -0.599. The van der Waals surface area contributed by atoms with Gasteiger partial charge in [0, 0.05) is 32.2 Å². The molecule has 1 aromatic carbocycles. The predicted molar refractivity (Wildman–Crippen MR) is 106 cm³/mol. The molecule has 1 atom stereocenters. The molecule has 0 saturated carbocycles. The summed E-state index contributed by atoms with van der Waals surface area (Å²) in [5, 5.41) is 10.2. The zero-order valence-electron chi connectivity index (χ0n) is 16.7. The Balaban J connectivity index is 1.96. The third-order valence-electron chi connectivity index (χ3n) is 4.88. The molecule has 154 valence electrons. The third kappa shape index (κ3) is 6.95. The van der Waals surface area contributed by atoms with Crippen LogP contribution in [0.4, 0.5) is 0 Å². The standard InChI is InChI=1S/C19H32N2O5S/c1-15(2)20(3)13-17(22)14-26-19-11-16(5-6-18(19)25-4)12-21-7-9-27(23,24)10-8-21/h5-6,11,15,17,22H,7-10,12-14H2,1-4H3/t17-/m0/s1. The van der Waals surface area contributed by atoms with Gasteiger partial charge in [0.25, 0.3) is 0 Å². The molecule has 1 saturated heterocycles. The Morgan fingerprint density at radius 2 is 1.89 bits per heavy atom. The molecule has 0 spiro atoms. The molecule has 1 N–H and O–H groups in total. The number of sulfone groups is 1. The van der Waals surface area contributed by atoms with Crippen LogP contribution in [0, 0.1) is 0 Å². The second-order valence-corrected chi connectivity index (χ2v) is 9.71. The first-order valence-electron chi connectivity index (χ1n) is 9.31. The minimum atomic E-state index is -2.88. The Hall–Kier alpha value is -1.35. The van der Waals surface area contributed by atoms with E-state index in [4.69, 9.17) is 9.47 Å². The van der Waals surface area contributed by atoms with Gasteiger partial charge in [-0.05, 0) is 38.6 Å². The number of nitrogens with zero attached hydrogens (tertiary/aromatic N) is 2. The molecule has 1 fully saturated rings. The van der Waals surface area contributed by atoms with Crippen molar-refractivity contribution in [1.29, 1.82) is 0 Å². The molecule has 1 aliphatic heterocycles. The first kappa shape index (κ1) is 21.9. The van der Waals surface area contributed by atoms with Crippen LogP contribution >= 0.6 is 0 Å². The zero-order valence-corrected chi connectivity index (χ0v) is 17.5. The van der Waals surface area contributed by atoms with Gasteiger partial charge in [-0.1, -0.05) is 6.07 Å². The van der Waals surface area contributed by atoms with Gasteiger partial charge in [0.1, 0.15) is 12.7 Å². The Bertz CT molecular complexity index is 694. The molecular weight excluding hydrogens is 368 g/mol. The fraction of sp³-hybridized carbons (Fsp3) is 0.684. The summed E-state index contributed by atoms with van der Waals surface area (Å²) in [5.41, 5.74) is 1.03. The molecule has 1 heterocycles. The van der Waals surface area contributed by atoms with E-state index in [1.165, 1.54) is 0 Å². The molecule has 0 amide bonds. The quantitative estimate of drug-likeness (QED) is 0.663. The van der Waals surface area contributed by atoms with Crippen LogP contribution in [-0.4, -0.2) is 87.4 Å². The van der Waals surface area contributed by atoms with Crippen molar-refractivity contribution in [2.45, 2.75) is 32.5 Å². The lowest BCUT2D eigenvalue weighted by atomic mass is 10.2. The van der Waals surface area contributed by atoms with E-state index in [0.29, 0.717) is 43.7 Å². The molecule has 0 aromatic heterocycles. The van der Waals surface area contributed by atoms with Gasteiger partial charge >= 0.3 is 0 Å². The van der Waals surface area contributed by atoms with Crippen molar-refractivity contribution in [1.82, 2.24) is 9.80 Å². The highest BCUT2D eigenvalue weighted by molar-refractivity contribution is 7.91. The molecule has 0 radical (unpaired) electrons. The SMILES string of the molecule is COc1ccc(CN2CCS(=O)(=O)CC2)cc1OC[C@@H](O)CN(C)C(C)C. The monoisotopic (exact) mass is 400 g/mol. The summed E-state index contributed by atoms with van der Waals surface area (Å²) < 4.78 is 34.3. The van der Waals surface area contributed by atoms with E-state index in [-0.39, 0.29) is 18.1 Å². The maximum absolute atomic E-state index is 11.6. The topological polar surface area (TPSA) is 79.3 Å². The maximum Gasteiger partial charge on any atom is 0.161 e. The van der Waals surface area contributed by atoms with Crippen LogP contribution in [0.25, 0.3) is 0 Å². The summed E-state index contributed by atoms with van der Waals surface area (Å²) >= 11 is 0. The molecule has 1 aliphatic rings. The van der Waals surface area contributed by atoms with Crippen molar-refractivity contribution in [3.05, 3.63) is 23.8 Å². The average Bonchev–Trinajstić information content (AvgIpc) is 2.61. The highest BCUT2D eigenvalue weighted by atomic mass is 32.2. The summed E-state index contributed by atoms with van der Waals surface area (Å²) in [5.74, 6) is 1.62. The van der Waals surface area contributed by atoms with E-state index < -0.39 is 15.9 Å². The second kappa shape index (κ2) is 9.73. The number of methoxy groups -OCH3 is 1. The Labute approximate surface area is 162 Å². The number of hydrogen-bond donors (Lipinski definition) is 1. The smallest absolute Gasteiger partial charge is 0.161 e. The van der Waals surface area contributed by atoms with E-state index >= 15 is 0 Å². The van der Waals surface area contributed by atoms with Gasteiger partial charge in [-0.15, -0.1) is 0 Å². The molecule has 7 nitrogen and oxygen atoms in total. The first-order valence-corrected chi connectivity index (χ1v) is 11.1. The molecule has 1 aromatic rings. The molecule has 27 heavy (non-hydrogen) atoms. The third-order valence-corrected chi connectivity index (χ3v) is 6.49. The number of rotatable bonds is 9. The van der Waals surface area contributed by atoms with Crippen LogP contribution in [0.3, 0.4) is 0 Å². The molecule has 2 rings (SSSR count). The van der Waals surface area contributed by atoms with Gasteiger partial charge < -0.3 is 19.5 Å². The van der Waals surface area contributed by atoms with Gasteiger partial charge in [0.15, 0.2) is 21.3 Å². The van der Waals surface area contributed by atoms with Crippen LogP contribution in [0.15, 0.2) is 18.2 Å². The van der Waals surface area contributed by atoms with Crippen LogP contribution in [0.5, 0.6) is 11.5 Å². The van der Waals surface area contributed by atoms with Crippen LogP contribution in [0.2, 0.25) is 0 Å². The van der Waals surface area contributed by atoms with E-state index in [9.17, 15) is 13.5 Å². The van der Waals surface area contributed by atoms with Gasteiger partial charge in [0.05, 0.1) is 18.6 Å². The minimum absolute atomic E-state index is 0.179. The maximum atomic E-state index is 11.6. The summed E-state index contributed by atoms with van der Waals surface area (Å²) in [6.45, 7) is 6.61. The predicted octanol–water partition coefficient (Wildman–Crippen LogP) is 1.01. The zero-order chi connectivity index (χ0) is 20.0. The summed E-state index contributed by atoms with van der Waals surface area (Å²) in [4.78, 5) is 4.19. The van der Waals surface area contributed by atoms with Crippen molar-refractivity contribution >= 4 is 9.84 Å². The minimum Gasteiger partial charge on any atom is -0.493 e. The lowest BCUT2D eigenvalue weighted by molar-refractivity contribution is 0.0668. The molecule has 8 heteroatoms. The van der Waals surface area contributed by atoms with Gasteiger partial charge in [-0.2, -0.15) is 0 Å². The number of aliphatic hydroxyl groups excluding tert-OH is 1. The average molecular weight is 401 g/mol. The number of aliphatic hydroxyl groups is 1. The number of likely N-dealkylation sites (N-methyl/N-ethyl adjacent to an activating group) is 1. The Kier molecular flexibility index (Phi) is 7.91. The molecule has 0 unspecified atom stereocenters. The Morgan fingerprint density at radius 3 is 2.48 bits per heavy atom. The van der Waals surface area contributed by atoms with Crippen molar-refractivity contribution in [2.75, 3.05) is 51.9 Å². The molecule has 0 bridgehead atoms. The molecular formula is C19H32N2O5S. The highest BCUT2D eigenvalue weighted by Gasteiger charge is 2.22. The van der Waals surface area contributed by atoms with E-state index in [2.05, 4.69) is 23.6 Å². The van der Waals surface area contributed by atoms with Crippen molar-refractivity contribution in [2.24, 2.45) is 0 Å². The van der Waals surface area contributed by atoms with Crippen LogP contribution < -0.4 is 9.47 Å².